The van der Waals surface area contributed by atoms with Gasteiger partial charge in [-0.25, -0.2) is 8.42 Å². The van der Waals surface area contributed by atoms with Crippen LogP contribution in [0, 0.1) is 13.8 Å². The molecule has 12 heteroatoms. The maximum Gasteiger partial charge on any atom is 0.267 e. The molecule has 30 heavy (non-hydrogen) atoms. The fraction of sp³-hybridized carbons (Fsp3) is 0.333. The van der Waals surface area contributed by atoms with Gasteiger partial charge in [0, 0.05) is 30.3 Å². The highest BCUT2D eigenvalue weighted by molar-refractivity contribution is 7.99. The van der Waals surface area contributed by atoms with Gasteiger partial charge in [-0.2, -0.15) is 20.7 Å². The van der Waals surface area contributed by atoms with Crippen LogP contribution in [0.15, 0.2) is 34.5 Å². The summed E-state index contributed by atoms with van der Waals surface area (Å²) in [5, 5.41) is 16.0. The molecular formula is C18H20N6O3S3. The second-order valence-corrected chi connectivity index (χ2v) is 10.8. The van der Waals surface area contributed by atoms with Gasteiger partial charge in [-0.15, -0.1) is 16.4 Å². The molecule has 0 radical (unpaired) electrons. The lowest BCUT2D eigenvalue weighted by Gasteiger charge is -2.25. The average Bonchev–Trinajstić information content (AvgIpc) is 3.40. The molecule has 1 amide bonds. The monoisotopic (exact) mass is 464 g/mol. The van der Waals surface area contributed by atoms with E-state index in [4.69, 9.17) is 0 Å². The Hall–Kier alpha value is -2.28. The summed E-state index contributed by atoms with van der Waals surface area (Å²) in [6, 6.07) is 6.88. The van der Waals surface area contributed by atoms with Crippen LogP contribution in [0.25, 0.3) is 5.69 Å². The van der Waals surface area contributed by atoms with E-state index in [1.54, 1.807) is 40.9 Å². The molecule has 0 atom stereocenters. The summed E-state index contributed by atoms with van der Waals surface area (Å²) in [6.45, 7) is 4.61. The molecule has 0 unspecified atom stereocenters. The number of tetrazole rings is 1. The molecule has 3 heterocycles. The van der Waals surface area contributed by atoms with Crippen molar-refractivity contribution in [1.82, 2.24) is 24.5 Å². The van der Waals surface area contributed by atoms with E-state index in [1.807, 2.05) is 13.0 Å². The van der Waals surface area contributed by atoms with Gasteiger partial charge in [-0.05, 0) is 53.4 Å². The summed E-state index contributed by atoms with van der Waals surface area (Å²) in [5.74, 6) is 1.67. The fourth-order valence-electron chi connectivity index (χ4n) is 3.15. The first kappa shape index (κ1) is 21.0. The summed E-state index contributed by atoms with van der Waals surface area (Å²) < 4.78 is 29.1. The molecule has 0 aliphatic carbocycles. The Morgan fingerprint density at radius 3 is 2.63 bits per heavy atom. The molecule has 0 bridgehead atoms. The van der Waals surface area contributed by atoms with Gasteiger partial charge < -0.3 is 5.32 Å². The molecule has 0 spiro atoms. The lowest BCUT2D eigenvalue weighted by Crippen LogP contribution is -2.38. The Morgan fingerprint density at radius 2 is 1.93 bits per heavy atom. The van der Waals surface area contributed by atoms with Gasteiger partial charge in [-0.1, -0.05) is 6.07 Å². The van der Waals surface area contributed by atoms with Crippen LogP contribution in [0.1, 0.15) is 21.1 Å². The maximum atomic E-state index is 13.0. The second-order valence-electron chi connectivity index (χ2n) is 6.72. The number of benzene rings is 1. The Balaban J connectivity index is 1.60. The number of hydrogen-bond acceptors (Lipinski definition) is 8. The molecule has 1 aliphatic heterocycles. The fourth-order valence-corrected chi connectivity index (χ4v) is 7.02. The zero-order valence-electron chi connectivity index (χ0n) is 16.4. The predicted octanol–water partition coefficient (Wildman–Crippen LogP) is 2.33. The van der Waals surface area contributed by atoms with Crippen molar-refractivity contribution in [2.45, 2.75) is 18.7 Å². The third-order valence-corrected chi connectivity index (χ3v) is 8.67. The number of hydrogen-bond donors (Lipinski definition) is 1. The van der Waals surface area contributed by atoms with Gasteiger partial charge in [0.25, 0.3) is 5.91 Å². The predicted molar refractivity (Wildman–Crippen MR) is 117 cm³/mol. The van der Waals surface area contributed by atoms with Gasteiger partial charge in [0.15, 0.2) is 5.82 Å². The molecule has 0 saturated carbocycles. The van der Waals surface area contributed by atoms with Gasteiger partial charge >= 0.3 is 0 Å². The van der Waals surface area contributed by atoms with Gasteiger partial charge in [0.05, 0.1) is 5.69 Å². The van der Waals surface area contributed by atoms with Crippen molar-refractivity contribution < 1.29 is 13.2 Å². The van der Waals surface area contributed by atoms with Gasteiger partial charge in [-0.3, -0.25) is 4.79 Å². The van der Waals surface area contributed by atoms with Crippen molar-refractivity contribution in [3.63, 3.8) is 0 Å². The molecule has 1 N–H and O–H groups in total. The molecule has 3 aromatic rings. The van der Waals surface area contributed by atoms with Crippen molar-refractivity contribution in [2.75, 3.05) is 29.9 Å². The number of nitrogens with zero attached hydrogens (tertiary/aromatic N) is 5. The minimum absolute atomic E-state index is 0.0561. The van der Waals surface area contributed by atoms with Crippen molar-refractivity contribution in [3.05, 3.63) is 45.9 Å². The number of aryl methyl sites for hydroxylation is 2. The largest absolute Gasteiger partial charge is 0.321 e. The highest BCUT2D eigenvalue weighted by Crippen LogP contribution is 2.28. The third-order valence-electron chi connectivity index (χ3n) is 4.74. The number of rotatable bonds is 5. The number of thiophene rings is 1. The van der Waals surface area contributed by atoms with Crippen LogP contribution < -0.4 is 5.32 Å². The first-order chi connectivity index (χ1) is 14.4. The Bertz CT molecular complexity index is 1180. The third kappa shape index (κ3) is 4.00. The first-order valence-electron chi connectivity index (χ1n) is 9.20. The van der Waals surface area contributed by atoms with E-state index in [1.165, 1.54) is 10.4 Å². The molecule has 1 aromatic carbocycles. The molecule has 1 aliphatic rings. The number of carbonyl (C=O) groups is 1. The van der Waals surface area contributed by atoms with E-state index in [2.05, 4.69) is 20.8 Å². The van der Waals surface area contributed by atoms with Gasteiger partial charge in [0.1, 0.15) is 9.77 Å². The second kappa shape index (κ2) is 8.46. The van der Waals surface area contributed by atoms with Crippen LogP contribution in [0.5, 0.6) is 0 Å². The highest BCUT2D eigenvalue weighted by Gasteiger charge is 2.31. The lowest BCUT2D eigenvalue weighted by molar-refractivity contribution is 0.102. The summed E-state index contributed by atoms with van der Waals surface area (Å²) in [5.41, 5.74) is 2.20. The zero-order chi connectivity index (χ0) is 21.3. The van der Waals surface area contributed by atoms with E-state index in [9.17, 15) is 13.2 Å². The highest BCUT2D eigenvalue weighted by atomic mass is 32.2. The van der Waals surface area contributed by atoms with Crippen LogP contribution in [-0.2, 0) is 10.0 Å². The minimum Gasteiger partial charge on any atom is -0.321 e. The van der Waals surface area contributed by atoms with Crippen LogP contribution in [0.3, 0.4) is 0 Å². The topological polar surface area (TPSA) is 110 Å². The van der Waals surface area contributed by atoms with E-state index in [0.717, 1.165) is 34.1 Å². The number of anilines is 1. The molecule has 2 aromatic heterocycles. The van der Waals surface area contributed by atoms with Crippen molar-refractivity contribution in [1.29, 1.82) is 0 Å². The van der Waals surface area contributed by atoms with E-state index >= 15 is 0 Å². The quantitative estimate of drug-likeness (QED) is 0.617. The van der Waals surface area contributed by atoms with Crippen molar-refractivity contribution in [3.8, 4) is 5.69 Å². The summed E-state index contributed by atoms with van der Waals surface area (Å²) >= 11 is 2.84. The number of thioether (sulfide) groups is 1. The van der Waals surface area contributed by atoms with E-state index in [-0.39, 0.29) is 9.77 Å². The lowest BCUT2D eigenvalue weighted by atomic mass is 10.1. The Morgan fingerprint density at radius 1 is 1.17 bits per heavy atom. The average molecular weight is 465 g/mol. The van der Waals surface area contributed by atoms with Crippen LogP contribution in [0.4, 0.5) is 5.69 Å². The smallest absolute Gasteiger partial charge is 0.267 e. The summed E-state index contributed by atoms with van der Waals surface area (Å²) in [7, 11) is -3.70. The first-order valence-corrected chi connectivity index (χ1v) is 12.7. The molecule has 1 fully saturated rings. The minimum atomic E-state index is -3.70. The Kier molecular flexibility index (Phi) is 5.91. The van der Waals surface area contributed by atoms with E-state index in [0.29, 0.717) is 24.6 Å². The number of carbonyl (C=O) groups excluding carboxylic acids is 1. The number of amides is 1. The van der Waals surface area contributed by atoms with E-state index < -0.39 is 15.9 Å². The Labute approximate surface area is 182 Å². The standard InChI is InChI=1S/C18H20N6O3S3/c1-12-3-4-14(11-15(12)24-13(2)20-21-22-24)19-18(25)17-16(5-8-29-17)30(26,27)23-6-9-28-10-7-23/h3-5,8,11H,6-7,9-10H2,1-2H3,(H,19,25). The van der Waals surface area contributed by atoms with Crippen molar-refractivity contribution >= 4 is 44.7 Å². The molecular weight excluding hydrogens is 444 g/mol. The molecule has 1 saturated heterocycles. The van der Waals surface area contributed by atoms with Crippen LogP contribution >= 0.6 is 23.1 Å². The number of sulfonamides is 1. The zero-order valence-corrected chi connectivity index (χ0v) is 18.9. The van der Waals surface area contributed by atoms with Crippen molar-refractivity contribution in [2.24, 2.45) is 0 Å². The van der Waals surface area contributed by atoms with Crippen LogP contribution in [-0.4, -0.2) is 63.4 Å². The summed E-state index contributed by atoms with van der Waals surface area (Å²) in [6.07, 6.45) is 0. The normalized spacial score (nSPS) is 15.3. The molecule has 4 rings (SSSR count). The molecule has 158 valence electrons. The maximum absolute atomic E-state index is 13.0. The summed E-state index contributed by atoms with van der Waals surface area (Å²) in [4.78, 5) is 13.2. The number of aromatic nitrogens is 4. The number of nitrogens with one attached hydrogen (secondary N) is 1. The van der Waals surface area contributed by atoms with Crippen LogP contribution in [0.2, 0.25) is 0 Å². The SMILES string of the molecule is Cc1ccc(NC(=O)c2sccc2S(=O)(=O)N2CCSCC2)cc1-n1nnnc1C. The van der Waals surface area contributed by atoms with Gasteiger partial charge in [0.2, 0.25) is 10.0 Å². The molecule has 9 nitrogen and oxygen atoms in total.